The lowest BCUT2D eigenvalue weighted by Crippen LogP contribution is -2.18. The number of hydrogen-bond donors (Lipinski definition) is 0. The van der Waals surface area contributed by atoms with E-state index >= 15 is 0 Å². The molecule has 0 spiro atoms. The van der Waals surface area contributed by atoms with E-state index in [-0.39, 0.29) is 6.61 Å². The SMILES string of the molecule is Cc1cccc(C)c1OC[C@@H](OS(C)(=O)=O)c1ccccc1. The Hall–Kier alpha value is -1.85. The second kappa shape index (κ2) is 6.94. The molecule has 22 heavy (non-hydrogen) atoms. The maximum atomic E-state index is 11.5. The molecule has 5 heteroatoms. The topological polar surface area (TPSA) is 52.6 Å². The van der Waals surface area contributed by atoms with E-state index in [1.807, 2.05) is 62.4 Å². The van der Waals surface area contributed by atoms with E-state index in [9.17, 15) is 8.42 Å². The van der Waals surface area contributed by atoms with Gasteiger partial charge in [-0.25, -0.2) is 0 Å². The Labute approximate surface area is 131 Å². The van der Waals surface area contributed by atoms with Gasteiger partial charge in [-0.3, -0.25) is 4.18 Å². The van der Waals surface area contributed by atoms with Crippen molar-refractivity contribution in [1.82, 2.24) is 0 Å². The number of aryl methyl sites for hydroxylation is 2. The van der Waals surface area contributed by atoms with E-state index in [1.54, 1.807) is 0 Å². The van der Waals surface area contributed by atoms with Gasteiger partial charge in [0.25, 0.3) is 10.1 Å². The van der Waals surface area contributed by atoms with Crippen molar-refractivity contribution < 1.29 is 17.3 Å². The fraction of sp³-hybridized carbons (Fsp3) is 0.294. The highest BCUT2D eigenvalue weighted by Crippen LogP contribution is 2.26. The van der Waals surface area contributed by atoms with Crippen molar-refractivity contribution in [2.24, 2.45) is 0 Å². The summed E-state index contributed by atoms with van der Waals surface area (Å²) in [7, 11) is -3.58. The number of ether oxygens (including phenoxy) is 1. The van der Waals surface area contributed by atoms with Crippen LogP contribution in [-0.4, -0.2) is 21.3 Å². The first-order chi connectivity index (χ1) is 10.4. The highest BCUT2D eigenvalue weighted by atomic mass is 32.2. The molecule has 2 aromatic rings. The molecule has 0 aliphatic rings. The second-order valence-electron chi connectivity index (χ2n) is 5.23. The zero-order valence-corrected chi connectivity index (χ0v) is 13.8. The molecule has 0 bridgehead atoms. The van der Waals surface area contributed by atoms with E-state index in [0.717, 1.165) is 28.7 Å². The second-order valence-corrected chi connectivity index (χ2v) is 6.83. The highest BCUT2D eigenvalue weighted by Gasteiger charge is 2.19. The van der Waals surface area contributed by atoms with Crippen molar-refractivity contribution >= 4 is 10.1 Å². The van der Waals surface area contributed by atoms with Crippen LogP contribution in [0.15, 0.2) is 48.5 Å². The lowest BCUT2D eigenvalue weighted by molar-refractivity contribution is 0.136. The molecular weight excluding hydrogens is 300 g/mol. The van der Waals surface area contributed by atoms with Gasteiger partial charge in [-0.05, 0) is 30.5 Å². The summed E-state index contributed by atoms with van der Waals surface area (Å²) in [5.41, 5.74) is 2.77. The molecule has 0 aliphatic heterocycles. The predicted molar refractivity (Wildman–Crippen MR) is 86.5 cm³/mol. The van der Waals surface area contributed by atoms with Crippen molar-refractivity contribution in [3.63, 3.8) is 0 Å². The van der Waals surface area contributed by atoms with Gasteiger partial charge in [-0.1, -0.05) is 48.5 Å². The average molecular weight is 320 g/mol. The maximum Gasteiger partial charge on any atom is 0.265 e. The lowest BCUT2D eigenvalue weighted by atomic mass is 10.1. The molecule has 118 valence electrons. The Morgan fingerprint density at radius 3 is 2.09 bits per heavy atom. The first kappa shape index (κ1) is 16.5. The van der Waals surface area contributed by atoms with Crippen LogP contribution in [0.1, 0.15) is 22.8 Å². The summed E-state index contributed by atoms with van der Waals surface area (Å²) >= 11 is 0. The Morgan fingerprint density at radius 2 is 1.55 bits per heavy atom. The molecule has 0 aliphatic carbocycles. The summed E-state index contributed by atoms with van der Waals surface area (Å²) in [6.45, 7) is 4.04. The van der Waals surface area contributed by atoms with E-state index < -0.39 is 16.2 Å². The molecule has 0 fully saturated rings. The molecule has 2 rings (SSSR count). The third-order valence-electron chi connectivity index (χ3n) is 3.25. The quantitative estimate of drug-likeness (QED) is 0.766. The predicted octanol–water partition coefficient (Wildman–Crippen LogP) is 3.40. The molecular formula is C17H20O4S. The standard InChI is InChI=1S/C17H20O4S/c1-13-8-7-9-14(2)17(13)20-12-16(21-22(3,18)19)15-10-5-4-6-11-15/h4-11,16H,12H2,1-3H3/t16-/m1/s1. The summed E-state index contributed by atoms with van der Waals surface area (Å²) in [6, 6.07) is 15.1. The van der Waals surface area contributed by atoms with Gasteiger partial charge in [0.2, 0.25) is 0 Å². The first-order valence-corrected chi connectivity index (χ1v) is 8.80. The summed E-state index contributed by atoms with van der Waals surface area (Å²) in [5, 5.41) is 0. The number of para-hydroxylation sites is 1. The van der Waals surface area contributed by atoms with Crippen molar-refractivity contribution in [3.8, 4) is 5.75 Å². The minimum absolute atomic E-state index is 0.128. The Balaban J connectivity index is 2.20. The zero-order valence-electron chi connectivity index (χ0n) is 12.9. The minimum atomic E-state index is -3.58. The van der Waals surface area contributed by atoms with E-state index in [4.69, 9.17) is 8.92 Å². The average Bonchev–Trinajstić information content (AvgIpc) is 2.45. The highest BCUT2D eigenvalue weighted by molar-refractivity contribution is 7.86. The minimum Gasteiger partial charge on any atom is -0.490 e. The summed E-state index contributed by atoms with van der Waals surface area (Å²) in [5.74, 6) is 0.764. The largest absolute Gasteiger partial charge is 0.490 e. The van der Waals surface area contributed by atoms with Crippen LogP contribution >= 0.6 is 0 Å². The molecule has 0 saturated heterocycles. The molecule has 0 N–H and O–H groups in total. The van der Waals surface area contributed by atoms with Gasteiger partial charge in [0.05, 0.1) is 6.26 Å². The number of hydrogen-bond acceptors (Lipinski definition) is 4. The molecule has 0 heterocycles. The van der Waals surface area contributed by atoms with Gasteiger partial charge >= 0.3 is 0 Å². The molecule has 2 aromatic carbocycles. The van der Waals surface area contributed by atoms with Gasteiger partial charge in [-0.2, -0.15) is 8.42 Å². The smallest absolute Gasteiger partial charge is 0.265 e. The first-order valence-electron chi connectivity index (χ1n) is 6.99. The van der Waals surface area contributed by atoms with Gasteiger partial charge < -0.3 is 4.74 Å². The van der Waals surface area contributed by atoms with E-state index in [2.05, 4.69) is 0 Å². The van der Waals surface area contributed by atoms with Crippen molar-refractivity contribution in [1.29, 1.82) is 0 Å². The van der Waals surface area contributed by atoms with Crippen LogP contribution in [0.25, 0.3) is 0 Å². The third kappa shape index (κ3) is 4.58. The van der Waals surface area contributed by atoms with E-state index in [0.29, 0.717) is 0 Å². The fourth-order valence-electron chi connectivity index (χ4n) is 2.24. The number of benzene rings is 2. The van der Waals surface area contributed by atoms with Crippen molar-refractivity contribution in [3.05, 3.63) is 65.2 Å². The molecule has 0 saturated carbocycles. The molecule has 0 aromatic heterocycles. The zero-order chi connectivity index (χ0) is 16.2. The number of rotatable bonds is 6. The van der Waals surface area contributed by atoms with Crippen LogP contribution in [0.2, 0.25) is 0 Å². The summed E-state index contributed by atoms with van der Waals surface area (Å²) in [6.07, 6.45) is 0.373. The van der Waals surface area contributed by atoms with Gasteiger partial charge in [-0.15, -0.1) is 0 Å². The van der Waals surface area contributed by atoms with Gasteiger partial charge in [0, 0.05) is 0 Å². The molecule has 4 nitrogen and oxygen atoms in total. The monoisotopic (exact) mass is 320 g/mol. The molecule has 0 radical (unpaired) electrons. The fourth-order valence-corrected chi connectivity index (χ4v) is 2.83. The van der Waals surface area contributed by atoms with Gasteiger partial charge in [0.1, 0.15) is 18.5 Å². The Kier molecular flexibility index (Phi) is 5.21. The van der Waals surface area contributed by atoms with Crippen LogP contribution in [0.4, 0.5) is 0 Å². The van der Waals surface area contributed by atoms with Crippen LogP contribution in [0.3, 0.4) is 0 Å². The maximum absolute atomic E-state index is 11.5. The Bertz CT molecular complexity index is 703. The lowest BCUT2D eigenvalue weighted by Gasteiger charge is -2.19. The molecule has 0 unspecified atom stereocenters. The normalized spacial score (nSPS) is 12.9. The molecule has 1 atom stereocenters. The third-order valence-corrected chi connectivity index (χ3v) is 3.83. The molecule has 0 amide bonds. The summed E-state index contributed by atoms with van der Waals surface area (Å²) < 4.78 is 34.0. The van der Waals surface area contributed by atoms with Crippen molar-refractivity contribution in [2.45, 2.75) is 20.0 Å². The Morgan fingerprint density at radius 1 is 0.955 bits per heavy atom. The van der Waals surface area contributed by atoms with Crippen LogP contribution in [-0.2, 0) is 14.3 Å². The van der Waals surface area contributed by atoms with Gasteiger partial charge in [0.15, 0.2) is 0 Å². The summed E-state index contributed by atoms with van der Waals surface area (Å²) in [4.78, 5) is 0. The van der Waals surface area contributed by atoms with Crippen LogP contribution in [0.5, 0.6) is 5.75 Å². The van der Waals surface area contributed by atoms with Crippen molar-refractivity contribution in [2.75, 3.05) is 12.9 Å². The van der Waals surface area contributed by atoms with Crippen LogP contribution in [0, 0.1) is 13.8 Å². The van der Waals surface area contributed by atoms with E-state index in [1.165, 1.54) is 0 Å². The van der Waals surface area contributed by atoms with Crippen LogP contribution < -0.4 is 4.74 Å².